The molecule has 1 aromatic carbocycles. The number of hydrogen-bond acceptors (Lipinski definition) is 4. The Hall–Kier alpha value is -2.57. The molecule has 0 bridgehead atoms. The van der Waals surface area contributed by atoms with E-state index in [0.717, 1.165) is 6.07 Å². The van der Waals surface area contributed by atoms with Crippen LogP contribution in [0.5, 0.6) is 5.75 Å². The minimum Gasteiger partial charge on any atom is -0.484 e. The van der Waals surface area contributed by atoms with Crippen LogP contribution >= 0.6 is 0 Å². The monoisotopic (exact) mass is 264 g/mol. The van der Waals surface area contributed by atoms with E-state index in [4.69, 9.17) is 15.7 Å². The lowest BCUT2D eigenvalue weighted by Crippen LogP contribution is -2.13. The summed E-state index contributed by atoms with van der Waals surface area (Å²) in [4.78, 5) is 0. The third-order valence-corrected chi connectivity index (χ3v) is 2.48. The first-order valence-electron chi connectivity index (χ1n) is 5.49. The Labute approximate surface area is 108 Å². The van der Waals surface area contributed by atoms with Crippen LogP contribution in [0.1, 0.15) is 11.3 Å². The maximum atomic E-state index is 13.7. The van der Waals surface area contributed by atoms with Gasteiger partial charge in [0.2, 0.25) is 0 Å². The van der Waals surface area contributed by atoms with Crippen molar-refractivity contribution in [3.63, 3.8) is 0 Å². The summed E-state index contributed by atoms with van der Waals surface area (Å²) in [7, 11) is 1.79. The standard InChI is InChI=1S/C12H13FN4O2/c1-17-5-4-9(15-17)7-19-11-3-2-8(6-10(11)13)12(14)16-18/h2-6,18H,7H2,1H3,(H2,14,16). The highest BCUT2D eigenvalue weighted by Crippen LogP contribution is 2.19. The first-order valence-corrected chi connectivity index (χ1v) is 5.49. The summed E-state index contributed by atoms with van der Waals surface area (Å²) in [5.41, 5.74) is 6.34. The molecule has 0 atom stereocenters. The summed E-state index contributed by atoms with van der Waals surface area (Å²) in [6, 6.07) is 5.85. The Balaban J connectivity index is 2.09. The molecule has 7 heteroatoms. The molecular formula is C12H13FN4O2. The Bertz CT molecular complexity index is 610. The molecule has 0 aliphatic heterocycles. The van der Waals surface area contributed by atoms with Crippen molar-refractivity contribution in [2.45, 2.75) is 6.61 Å². The average Bonchev–Trinajstić information content (AvgIpc) is 2.82. The lowest BCUT2D eigenvalue weighted by Gasteiger charge is -2.07. The number of aryl methyl sites for hydroxylation is 1. The van der Waals surface area contributed by atoms with Crippen LogP contribution in [0.25, 0.3) is 0 Å². The zero-order valence-electron chi connectivity index (χ0n) is 10.2. The molecule has 0 unspecified atom stereocenters. The summed E-state index contributed by atoms with van der Waals surface area (Å²) in [6.45, 7) is 0.167. The molecule has 0 saturated heterocycles. The third-order valence-electron chi connectivity index (χ3n) is 2.48. The van der Waals surface area contributed by atoms with E-state index in [1.165, 1.54) is 12.1 Å². The molecule has 1 heterocycles. The van der Waals surface area contributed by atoms with Crippen LogP contribution in [0.3, 0.4) is 0 Å². The van der Waals surface area contributed by atoms with Crippen molar-refractivity contribution in [2.24, 2.45) is 17.9 Å². The van der Waals surface area contributed by atoms with Crippen LogP contribution in [-0.4, -0.2) is 20.8 Å². The topological polar surface area (TPSA) is 85.7 Å². The molecule has 0 saturated carbocycles. The van der Waals surface area contributed by atoms with Gasteiger partial charge in [-0.15, -0.1) is 0 Å². The van der Waals surface area contributed by atoms with Gasteiger partial charge in [-0.25, -0.2) is 4.39 Å². The Morgan fingerprint density at radius 1 is 1.53 bits per heavy atom. The number of aromatic nitrogens is 2. The molecule has 0 amide bonds. The van der Waals surface area contributed by atoms with Crippen LogP contribution in [-0.2, 0) is 13.7 Å². The Morgan fingerprint density at radius 2 is 2.32 bits per heavy atom. The fraction of sp³-hybridized carbons (Fsp3) is 0.167. The van der Waals surface area contributed by atoms with Gasteiger partial charge in [-0.05, 0) is 24.3 Å². The van der Waals surface area contributed by atoms with Gasteiger partial charge in [0.1, 0.15) is 6.61 Å². The van der Waals surface area contributed by atoms with Gasteiger partial charge in [0.15, 0.2) is 17.4 Å². The number of oxime groups is 1. The maximum Gasteiger partial charge on any atom is 0.170 e. The zero-order chi connectivity index (χ0) is 13.8. The van der Waals surface area contributed by atoms with E-state index in [1.54, 1.807) is 24.0 Å². The van der Waals surface area contributed by atoms with Crippen LogP contribution < -0.4 is 10.5 Å². The van der Waals surface area contributed by atoms with E-state index in [0.29, 0.717) is 5.69 Å². The molecule has 2 rings (SSSR count). The van der Waals surface area contributed by atoms with E-state index in [1.807, 2.05) is 0 Å². The number of rotatable bonds is 4. The molecule has 0 aliphatic carbocycles. The highest BCUT2D eigenvalue weighted by molar-refractivity contribution is 5.97. The molecule has 6 nitrogen and oxygen atoms in total. The SMILES string of the molecule is Cn1ccc(COc2ccc(/C(N)=N/O)cc2F)n1. The number of nitrogens with zero attached hydrogens (tertiary/aromatic N) is 3. The molecule has 2 aromatic rings. The van der Waals surface area contributed by atoms with Gasteiger partial charge in [0, 0.05) is 18.8 Å². The van der Waals surface area contributed by atoms with Crippen molar-refractivity contribution >= 4 is 5.84 Å². The second-order valence-corrected chi connectivity index (χ2v) is 3.90. The largest absolute Gasteiger partial charge is 0.484 e. The summed E-state index contributed by atoms with van der Waals surface area (Å²) in [5.74, 6) is -0.657. The van der Waals surface area contributed by atoms with Crippen LogP contribution in [0.2, 0.25) is 0 Å². The predicted octanol–water partition coefficient (Wildman–Crippen LogP) is 1.23. The lowest BCUT2D eigenvalue weighted by atomic mass is 10.2. The number of benzene rings is 1. The van der Waals surface area contributed by atoms with E-state index >= 15 is 0 Å². The minimum atomic E-state index is -0.583. The highest BCUT2D eigenvalue weighted by atomic mass is 19.1. The fourth-order valence-corrected chi connectivity index (χ4v) is 1.53. The van der Waals surface area contributed by atoms with E-state index < -0.39 is 5.82 Å². The molecule has 0 fully saturated rings. The minimum absolute atomic E-state index is 0.0835. The second-order valence-electron chi connectivity index (χ2n) is 3.90. The van der Waals surface area contributed by atoms with E-state index in [-0.39, 0.29) is 23.8 Å². The van der Waals surface area contributed by atoms with Crippen molar-refractivity contribution < 1.29 is 14.3 Å². The number of amidine groups is 1. The summed E-state index contributed by atoms with van der Waals surface area (Å²) >= 11 is 0. The first-order chi connectivity index (χ1) is 9.10. The molecule has 0 aliphatic rings. The first kappa shape index (κ1) is 12.9. The molecule has 0 spiro atoms. The smallest absolute Gasteiger partial charge is 0.170 e. The van der Waals surface area contributed by atoms with E-state index in [9.17, 15) is 4.39 Å². The molecular weight excluding hydrogens is 251 g/mol. The number of ether oxygens (including phenoxy) is 1. The lowest BCUT2D eigenvalue weighted by molar-refractivity contribution is 0.285. The maximum absolute atomic E-state index is 13.7. The van der Waals surface area contributed by atoms with Gasteiger partial charge in [-0.3, -0.25) is 4.68 Å². The van der Waals surface area contributed by atoms with Gasteiger partial charge in [-0.1, -0.05) is 5.16 Å². The molecule has 0 radical (unpaired) electrons. The summed E-state index contributed by atoms with van der Waals surface area (Å²) < 4.78 is 20.7. The number of nitrogens with two attached hydrogens (primary N) is 1. The Kier molecular flexibility index (Phi) is 3.65. The van der Waals surface area contributed by atoms with Crippen molar-refractivity contribution in [1.29, 1.82) is 0 Å². The van der Waals surface area contributed by atoms with Crippen molar-refractivity contribution in [3.8, 4) is 5.75 Å². The van der Waals surface area contributed by atoms with Gasteiger partial charge in [-0.2, -0.15) is 5.10 Å². The van der Waals surface area contributed by atoms with Crippen molar-refractivity contribution in [1.82, 2.24) is 9.78 Å². The quantitative estimate of drug-likeness (QED) is 0.376. The van der Waals surface area contributed by atoms with Crippen molar-refractivity contribution in [2.75, 3.05) is 0 Å². The van der Waals surface area contributed by atoms with Crippen LogP contribution in [0.4, 0.5) is 4.39 Å². The van der Waals surface area contributed by atoms with Crippen molar-refractivity contribution in [3.05, 3.63) is 47.5 Å². The summed E-state index contributed by atoms with van der Waals surface area (Å²) in [6.07, 6.45) is 1.77. The fourth-order valence-electron chi connectivity index (χ4n) is 1.53. The van der Waals surface area contributed by atoms with E-state index in [2.05, 4.69) is 10.3 Å². The summed E-state index contributed by atoms with van der Waals surface area (Å²) in [5, 5.41) is 15.4. The van der Waals surface area contributed by atoms with Gasteiger partial charge in [0.25, 0.3) is 0 Å². The number of halogens is 1. The number of hydrogen-bond donors (Lipinski definition) is 2. The predicted molar refractivity (Wildman–Crippen MR) is 66.5 cm³/mol. The normalized spacial score (nSPS) is 11.6. The third kappa shape index (κ3) is 3.01. The van der Waals surface area contributed by atoms with Gasteiger partial charge >= 0.3 is 0 Å². The molecule has 100 valence electrons. The molecule has 1 aromatic heterocycles. The zero-order valence-corrected chi connectivity index (χ0v) is 10.2. The highest BCUT2D eigenvalue weighted by Gasteiger charge is 2.08. The molecule has 3 N–H and O–H groups in total. The van der Waals surface area contributed by atoms with Crippen LogP contribution in [0.15, 0.2) is 35.6 Å². The van der Waals surface area contributed by atoms with Gasteiger partial charge in [0.05, 0.1) is 5.69 Å². The average molecular weight is 264 g/mol. The van der Waals surface area contributed by atoms with Crippen LogP contribution in [0, 0.1) is 5.82 Å². The Morgan fingerprint density at radius 3 is 2.89 bits per heavy atom. The van der Waals surface area contributed by atoms with Gasteiger partial charge < -0.3 is 15.7 Å². The molecule has 19 heavy (non-hydrogen) atoms. The second kappa shape index (κ2) is 5.38.